The van der Waals surface area contributed by atoms with Gasteiger partial charge in [0, 0.05) is 29.6 Å². The minimum Gasteiger partial charge on any atom is -0.325 e. The van der Waals surface area contributed by atoms with E-state index in [2.05, 4.69) is 25.5 Å². The number of carbonyl (C=O) groups is 1. The molecule has 2 aromatic heterocycles. The number of anilines is 1. The van der Waals surface area contributed by atoms with Crippen molar-refractivity contribution in [1.29, 1.82) is 0 Å². The summed E-state index contributed by atoms with van der Waals surface area (Å²) in [6.45, 7) is 1.96. The Labute approximate surface area is 186 Å². The molecule has 0 atom stereocenters. The number of thioether (sulfide) groups is 1. The summed E-state index contributed by atoms with van der Waals surface area (Å²) in [7, 11) is 0. The van der Waals surface area contributed by atoms with E-state index in [9.17, 15) is 14.4 Å². The van der Waals surface area contributed by atoms with Crippen LogP contribution in [-0.4, -0.2) is 36.4 Å². The van der Waals surface area contributed by atoms with E-state index in [1.165, 1.54) is 17.8 Å². The molecule has 32 heavy (non-hydrogen) atoms. The van der Waals surface area contributed by atoms with Crippen LogP contribution in [0, 0.1) is 6.92 Å². The normalized spacial score (nSPS) is 10.8. The Hall–Kier alpha value is -3.92. The van der Waals surface area contributed by atoms with E-state index in [4.69, 9.17) is 0 Å². The number of rotatable bonds is 7. The SMILES string of the molecule is Cc1cccc(NC(=O)CSc2nnc(Cc3cc(=O)[nH]c(=O)[nH]3)n2-c2ccccc2)c1. The number of aryl methyl sites for hydroxylation is 1. The molecule has 0 saturated carbocycles. The third kappa shape index (κ3) is 5.22. The second-order valence-electron chi connectivity index (χ2n) is 7.07. The van der Waals surface area contributed by atoms with Crippen LogP contribution in [0.25, 0.3) is 5.69 Å². The van der Waals surface area contributed by atoms with Crippen molar-refractivity contribution in [3.63, 3.8) is 0 Å². The van der Waals surface area contributed by atoms with Crippen LogP contribution in [0.5, 0.6) is 0 Å². The Balaban J connectivity index is 1.57. The summed E-state index contributed by atoms with van der Waals surface area (Å²) >= 11 is 1.25. The highest BCUT2D eigenvalue weighted by Crippen LogP contribution is 2.23. The number of hydrogen-bond donors (Lipinski definition) is 3. The van der Waals surface area contributed by atoms with Crippen LogP contribution in [-0.2, 0) is 11.2 Å². The summed E-state index contributed by atoms with van der Waals surface area (Å²) in [5, 5.41) is 11.9. The van der Waals surface area contributed by atoms with Gasteiger partial charge in [0.05, 0.1) is 5.75 Å². The second-order valence-corrected chi connectivity index (χ2v) is 8.01. The van der Waals surface area contributed by atoms with Crippen LogP contribution in [0.1, 0.15) is 17.1 Å². The molecule has 0 unspecified atom stereocenters. The molecular formula is C22H20N6O3S. The lowest BCUT2D eigenvalue weighted by Gasteiger charge is -2.10. The molecule has 2 aromatic carbocycles. The molecule has 0 spiro atoms. The average molecular weight is 449 g/mol. The molecule has 0 aliphatic carbocycles. The number of nitrogens with one attached hydrogen (secondary N) is 3. The van der Waals surface area contributed by atoms with E-state index in [1.54, 1.807) is 0 Å². The van der Waals surface area contributed by atoms with E-state index < -0.39 is 11.2 Å². The van der Waals surface area contributed by atoms with Gasteiger partial charge < -0.3 is 10.3 Å². The van der Waals surface area contributed by atoms with Crippen LogP contribution in [0.4, 0.5) is 5.69 Å². The first-order chi connectivity index (χ1) is 15.5. The van der Waals surface area contributed by atoms with Gasteiger partial charge >= 0.3 is 5.69 Å². The number of carbonyl (C=O) groups excluding carboxylic acids is 1. The fourth-order valence-electron chi connectivity index (χ4n) is 3.18. The van der Waals surface area contributed by atoms with E-state index in [0.29, 0.717) is 16.7 Å². The topological polar surface area (TPSA) is 126 Å². The fourth-order valence-corrected chi connectivity index (χ4v) is 3.95. The summed E-state index contributed by atoms with van der Waals surface area (Å²) < 4.78 is 1.81. The van der Waals surface area contributed by atoms with Crippen molar-refractivity contribution in [3.05, 3.63) is 98.6 Å². The molecule has 2 heterocycles. The average Bonchev–Trinajstić information content (AvgIpc) is 3.14. The first-order valence-corrected chi connectivity index (χ1v) is 10.8. The van der Waals surface area contributed by atoms with Crippen molar-refractivity contribution in [3.8, 4) is 5.69 Å². The lowest BCUT2D eigenvalue weighted by molar-refractivity contribution is -0.113. The zero-order valence-electron chi connectivity index (χ0n) is 17.2. The van der Waals surface area contributed by atoms with Crippen molar-refractivity contribution >= 4 is 23.4 Å². The molecule has 0 bridgehead atoms. The molecule has 0 aliphatic heterocycles. The van der Waals surface area contributed by atoms with Gasteiger partial charge in [-0.25, -0.2) is 4.79 Å². The molecular weight excluding hydrogens is 428 g/mol. The zero-order valence-corrected chi connectivity index (χ0v) is 18.0. The van der Waals surface area contributed by atoms with E-state index >= 15 is 0 Å². The summed E-state index contributed by atoms with van der Waals surface area (Å²) in [5.41, 5.74) is 1.94. The number of amides is 1. The zero-order chi connectivity index (χ0) is 22.5. The number of para-hydroxylation sites is 1. The van der Waals surface area contributed by atoms with Crippen molar-refractivity contribution in [2.45, 2.75) is 18.5 Å². The molecule has 10 heteroatoms. The Bertz CT molecular complexity index is 1330. The third-order valence-electron chi connectivity index (χ3n) is 4.51. The first kappa shape index (κ1) is 21.3. The van der Waals surface area contributed by atoms with E-state index in [0.717, 1.165) is 16.9 Å². The summed E-state index contributed by atoms with van der Waals surface area (Å²) in [6, 6.07) is 18.3. The molecule has 4 rings (SSSR count). The first-order valence-electron chi connectivity index (χ1n) is 9.79. The number of hydrogen-bond acceptors (Lipinski definition) is 6. The van der Waals surface area contributed by atoms with E-state index in [1.807, 2.05) is 66.1 Å². The summed E-state index contributed by atoms with van der Waals surface area (Å²) in [5.74, 6) is 0.503. The number of H-pyrrole nitrogens is 2. The van der Waals surface area contributed by atoms with Gasteiger partial charge in [-0.05, 0) is 36.8 Å². The highest BCUT2D eigenvalue weighted by atomic mass is 32.2. The van der Waals surface area contributed by atoms with Crippen LogP contribution in [0.15, 0.2) is 75.4 Å². The maximum atomic E-state index is 12.5. The quantitative estimate of drug-likeness (QED) is 0.373. The molecule has 3 N–H and O–H groups in total. The minimum atomic E-state index is -0.583. The maximum absolute atomic E-state index is 12.5. The minimum absolute atomic E-state index is 0.140. The molecule has 0 saturated heterocycles. The van der Waals surface area contributed by atoms with Crippen molar-refractivity contribution < 1.29 is 4.79 Å². The number of aromatic nitrogens is 5. The van der Waals surface area contributed by atoms with Crippen LogP contribution in [0.3, 0.4) is 0 Å². The van der Waals surface area contributed by atoms with Crippen LogP contribution >= 0.6 is 11.8 Å². The van der Waals surface area contributed by atoms with Gasteiger partial charge in [0.15, 0.2) is 5.16 Å². The highest BCUT2D eigenvalue weighted by molar-refractivity contribution is 7.99. The fraction of sp³-hybridized carbons (Fsp3) is 0.136. The van der Waals surface area contributed by atoms with E-state index in [-0.39, 0.29) is 18.1 Å². The molecule has 0 fully saturated rings. The molecule has 162 valence electrons. The van der Waals surface area contributed by atoms with Crippen molar-refractivity contribution in [2.24, 2.45) is 0 Å². The van der Waals surface area contributed by atoms with Crippen LogP contribution < -0.4 is 16.6 Å². The van der Waals surface area contributed by atoms with Gasteiger partial charge in [0.2, 0.25) is 5.91 Å². The third-order valence-corrected chi connectivity index (χ3v) is 5.44. The number of benzene rings is 2. The van der Waals surface area contributed by atoms with Crippen molar-refractivity contribution in [2.75, 3.05) is 11.1 Å². The maximum Gasteiger partial charge on any atom is 0.325 e. The van der Waals surface area contributed by atoms with Crippen LogP contribution in [0.2, 0.25) is 0 Å². The Morgan fingerprint density at radius 1 is 1.03 bits per heavy atom. The van der Waals surface area contributed by atoms with Gasteiger partial charge in [-0.3, -0.25) is 19.1 Å². The summed E-state index contributed by atoms with van der Waals surface area (Å²) in [4.78, 5) is 40.5. The Morgan fingerprint density at radius 2 is 1.84 bits per heavy atom. The number of aromatic amines is 2. The van der Waals surface area contributed by atoms with Crippen molar-refractivity contribution in [1.82, 2.24) is 24.7 Å². The molecule has 4 aromatic rings. The van der Waals surface area contributed by atoms with Gasteiger partial charge in [-0.2, -0.15) is 0 Å². The van der Waals surface area contributed by atoms with Gasteiger partial charge in [-0.15, -0.1) is 10.2 Å². The second kappa shape index (κ2) is 9.48. The number of nitrogens with zero attached hydrogens (tertiary/aromatic N) is 3. The lowest BCUT2D eigenvalue weighted by atomic mass is 10.2. The lowest BCUT2D eigenvalue weighted by Crippen LogP contribution is -2.23. The summed E-state index contributed by atoms with van der Waals surface area (Å²) in [6.07, 6.45) is 0.192. The predicted molar refractivity (Wildman–Crippen MR) is 122 cm³/mol. The van der Waals surface area contributed by atoms with Gasteiger partial charge in [-0.1, -0.05) is 42.1 Å². The molecule has 0 aliphatic rings. The molecule has 9 nitrogen and oxygen atoms in total. The monoisotopic (exact) mass is 448 g/mol. The Kier molecular flexibility index (Phi) is 6.31. The largest absolute Gasteiger partial charge is 0.325 e. The highest BCUT2D eigenvalue weighted by Gasteiger charge is 2.17. The Morgan fingerprint density at radius 3 is 2.59 bits per heavy atom. The standard InChI is InChI=1S/C22H20N6O3S/c1-14-6-5-7-15(10-14)23-20(30)13-32-22-27-26-18(28(22)17-8-3-2-4-9-17)11-16-12-19(29)25-21(31)24-16/h2-10,12H,11,13H2,1H3,(H,23,30)(H2,24,25,29,31). The molecule has 1 amide bonds. The molecule has 0 radical (unpaired) electrons. The van der Waals surface area contributed by atoms with Gasteiger partial charge in [0.25, 0.3) is 5.56 Å². The smallest absolute Gasteiger partial charge is 0.325 e. The predicted octanol–water partition coefficient (Wildman–Crippen LogP) is 2.27. The van der Waals surface area contributed by atoms with Gasteiger partial charge in [0.1, 0.15) is 5.82 Å².